The zero-order valence-electron chi connectivity index (χ0n) is 52.4. The lowest BCUT2D eigenvalue weighted by molar-refractivity contribution is -0.870. The molecular weight excluding hydrogens is 1010 g/mol. The third kappa shape index (κ3) is 62.9. The lowest BCUT2D eigenvalue weighted by atomic mass is 10.0. The molecule has 0 aliphatic heterocycles. The summed E-state index contributed by atoms with van der Waals surface area (Å²) in [6, 6.07) is 0. The highest BCUT2D eigenvalue weighted by atomic mass is 16.7. The summed E-state index contributed by atoms with van der Waals surface area (Å²) in [6.45, 7) is 4.69. The number of quaternary nitrogens is 1. The van der Waals surface area contributed by atoms with Crippen molar-refractivity contribution >= 4 is 17.9 Å². The van der Waals surface area contributed by atoms with Crippen molar-refractivity contribution in [3.05, 3.63) is 134 Å². The number of nitrogens with zero attached hydrogens (tertiary/aromatic N) is 1. The maximum atomic E-state index is 12.9. The first-order valence-corrected chi connectivity index (χ1v) is 32.3. The van der Waals surface area contributed by atoms with E-state index < -0.39 is 24.3 Å². The molecule has 0 spiro atoms. The predicted molar refractivity (Wildman–Crippen MR) is 345 cm³/mol. The van der Waals surface area contributed by atoms with Gasteiger partial charge in [-0.1, -0.05) is 250 Å². The Morgan fingerprint density at radius 1 is 0.383 bits per heavy atom. The molecule has 1 N–H and O–H groups in total. The minimum absolute atomic E-state index is 0.172. The van der Waals surface area contributed by atoms with Crippen LogP contribution in [0.25, 0.3) is 0 Å². The third-order valence-electron chi connectivity index (χ3n) is 13.4. The van der Waals surface area contributed by atoms with Crippen LogP contribution in [0.3, 0.4) is 0 Å². The van der Waals surface area contributed by atoms with Gasteiger partial charge in [-0.25, -0.2) is 4.79 Å². The van der Waals surface area contributed by atoms with Gasteiger partial charge in [0.2, 0.25) is 0 Å². The molecule has 0 saturated carbocycles. The van der Waals surface area contributed by atoms with Crippen LogP contribution in [0.5, 0.6) is 0 Å². The zero-order chi connectivity index (χ0) is 59.1. The van der Waals surface area contributed by atoms with Crippen molar-refractivity contribution in [2.45, 2.75) is 257 Å². The van der Waals surface area contributed by atoms with Crippen LogP contribution in [-0.2, 0) is 33.3 Å². The largest absolute Gasteiger partial charge is 0.477 e. The van der Waals surface area contributed by atoms with Gasteiger partial charge < -0.3 is 28.5 Å². The number of carboxylic acids is 1. The molecule has 0 heterocycles. The Bertz CT molecular complexity index is 1790. The normalized spacial score (nSPS) is 13.6. The molecule has 0 aromatic heterocycles. The van der Waals surface area contributed by atoms with Crippen LogP contribution in [0.2, 0.25) is 0 Å². The molecule has 2 atom stereocenters. The van der Waals surface area contributed by atoms with Gasteiger partial charge in [-0.15, -0.1) is 0 Å². The average molecular weight is 1130 g/mol. The number of hydrogen-bond donors (Lipinski definition) is 1. The summed E-state index contributed by atoms with van der Waals surface area (Å²) >= 11 is 0. The molecule has 0 fully saturated rings. The lowest BCUT2D eigenvalue weighted by Crippen LogP contribution is -2.40. The number of likely N-dealkylation sites (N-methyl/N-ethyl adjacent to an activating group) is 1. The monoisotopic (exact) mass is 1130 g/mol. The van der Waals surface area contributed by atoms with E-state index in [-0.39, 0.29) is 38.6 Å². The first-order valence-electron chi connectivity index (χ1n) is 32.3. The van der Waals surface area contributed by atoms with Crippen LogP contribution in [0.4, 0.5) is 0 Å². The Morgan fingerprint density at radius 2 is 0.704 bits per heavy atom. The van der Waals surface area contributed by atoms with Crippen molar-refractivity contribution in [2.24, 2.45) is 0 Å². The molecule has 0 radical (unpaired) electrons. The first-order chi connectivity index (χ1) is 39.6. The molecule has 0 bridgehead atoms. The summed E-state index contributed by atoms with van der Waals surface area (Å²) < 4.78 is 22.9. The van der Waals surface area contributed by atoms with Crippen molar-refractivity contribution in [3.8, 4) is 0 Å². The maximum Gasteiger partial charge on any atom is 0.361 e. The number of esters is 2. The number of allylic oxidation sites excluding steroid dienone is 22. The number of carboxylic acid groups (broad SMARTS) is 1. The number of carbonyl (C=O) groups is 3. The average Bonchev–Trinajstić information content (AvgIpc) is 3.44. The van der Waals surface area contributed by atoms with Crippen LogP contribution in [0, 0.1) is 0 Å². The predicted octanol–water partition coefficient (Wildman–Crippen LogP) is 19.8. The molecule has 0 amide bonds. The number of unbranched alkanes of at least 4 members (excludes halogenated alkanes) is 21. The first kappa shape index (κ1) is 76.4. The number of rotatable bonds is 58. The summed E-state index contributed by atoms with van der Waals surface area (Å²) in [4.78, 5) is 37.5. The molecule has 0 aromatic carbocycles. The van der Waals surface area contributed by atoms with Crippen molar-refractivity contribution in [1.82, 2.24) is 0 Å². The second-order valence-electron chi connectivity index (χ2n) is 22.3. The molecule has 81 heavy (non-hydrogen) atoms. The summed E-state index contributed by atoms with van der Waals surface area (Å²) in [5.74, 6) is -2.08. The van der Waals surface area contributed by atoms with Gasteiger partial charge in [0, 0.05) is 12.8 Å². The minimum Gasteiger partial charge on any atom is -0.477 e. The van der Waals surface area contributed by atoms with Crippen LogP contribution >= 0.6 is 0 Å². The molecule has 460 valence electrons. The Morgan fingerprint density at radius 3 is 1.07 bits per heavy atom. The van der Waals surface area contributed by atoms with Gasteiger partial charge in [0.15, 0.2) is 6.10 Å². The smallest absolute Gasteiger partial charge is 0.361 e. The molecule has 2 unspecified atom stereocenters. The summed E-state index contributed by atoms with van der Waals surface area (Å²) in [5.41, 5.74) is 0. The van der Waals surface area contributed by atoms with E-state index in [1.54, 1.807) is 0 Å². The van der Waals surface area contributed by atoms with Gasteiger partial charge in [-0.2, -0.15) is 0 Å². The Balaban J connectivity index is 4.29. The van der Waals surface area contributed by atoms with E-state index in [0.29, 0.717) is 17.4 Å². The van der Waals surface area contributed by atoms with Crippen molar-refractivity contribution in [2.75, 3.05) is 47.5 Å². The molecular formula is C72H120NO8+. The Labute approximate surface area is 497 Å². The van der Waals surface area contributed by atoms with Crippen LogP contribution in [0.15, 0.2) is 134 Å². The van der Waals surface area contributed by atoms with E-state index in [0.717, 1.165) is 96.3 Å². The minimum atomic E-state index is -1.53. The SMILES string of the molecule is CC/C=C\C/C=C\C/C=C\C/C=C\C/C=C\C/C=C\C/C=C\C/C=C\CCCCC(=O)OC(COC(=O)CCCCCCCCCCCCCCCC/C=C\C/C=C\C/C=C\CCCCCCC)COC(OCC[N+](C)(C)C)C(=O)O. The zero-order valence-corrected chi connectivity index (χ0v) is 52.4. The van der Waals surface area contributed by atoms with E-state index in [2.05, 4.69) is 148 Å². The van der Waals surface area contributed by atoms with E-state index in [1.165, 1.54) is 116 Å². The van der Waals surface area contributed by atoms with Crippen LogP contribution in [0.1, 0.15) is 245 Å². The Kier molecular flexibility index (Phi) is 58.0. The van der Waals surface area contributed by atoms with Crippen LogP contribution in [-0.4, -0.2) is 87.4 Å². The second-order valence-corrected chi connectivity index (χ2v) is 22.3. The van der Waals surface area contributed by atoms with E-state index >= 15 is 0 Å². The van der Waals surface area contributed by atoms with Crippen molar-refractivity contribution in [3.63, 3.8) is 0 Å². The van der Waals surface area contributed by atoms with Gasteiger partial charge in [-0.05, 0) is 116 Å². The summed E-state index contributed by atoms with van der Waals surface area (Å²) in [5, 5.41) is 9.73. The number of hydrogen-bond acceptors (Lipinski definition) is 7. The highest BCUT2D eigenvalue weighted by Gasteiger charge is 2.25. The van der Waals surface area contributed by atoms with Crippen molar-refractivity contribution in [1.29, 1.82) is 0 Å². The highest BCUT2D eigenvalue weighted by Crippen LogP contribution is 2.15. The number of carbonyl (C=O) groups excluding carboxylic acids is 2. The fourth-order valence-corrected chi connectivity index (χ4v) is 8.45. The second kappa shape index (κ2) is 61.5. The van der Waals surface area contributed by atoms with Crippen molar-refractivity contribution < 1.29 is 42.9 Å². The maximum absolute atomic E-state index is 12.9. The lowest BCUT2D eigenvalue weighted by Gasteiger charge is -2.25. The molecule has 0 aliphatic rings. The molecule has 0 aromatic rings. The van der Waals surface area contributed by atoms with Gasteiger partial charge in [0.05, 0.1) is 34.4 Å². The third-order valence-corrected chi connectivity index (χ3v) is 13.4. The van der Waals surface area contributed by atoms with Gasteiger partial charge >= 0.3 is 17.9 Å². The molecule has 9 nitrogen and oxygen atoms in total. The topological polar surface area (TPSA) is 108 Å². The van der Waals surface area contributed by atoms with E-state index in [9.17, 15) is 19.5 Å². The molecule has 0 rings (SSSR count). The molecule has 0 saturated heterocycles. The van der Waals surface area contributed by atoms with E-state index in [1.807, 2.05) is 21.1 Å². The number of ether oxygens (including phenoxy) is 4. The van der Waals surface area contributed by atoms with Gasteiger partial charge in [-0.3, -0.25) is 9.59 Å². The van der Waals surface area contributed by atoms with E-state index in [4.69, 9.17) is 18.9 Å². The summed E-state index contributed by atoms with van der Waals surface area (Å²) in [6.07, 6.45) is 85.5. The van der Waals surface area contributed by atoms with Crippen LogP contribution < -0.4 is 0 Å². The fourth-order valence-electron chi connectivity index (χ4n) is 8.45. The Hall–Kier alpha value is -4.57. The summed E-state index contributed by atoms with van der Waals surface area (Å²) in [7, 11) is 5.95. The van der Waals surface area contributed by atoms with Gasteiger partial charge in [0.1, 0.15) is 13.2 Å². The fraction of sp³-hybridized carbons (Fsp3) is 0.653. The highest BCUT2D eigenvalue weighted by molar-refractivity contribution is 5.71. The van der Waals surface area contributed by atoms with Gasteiger partial charge in [0.25, 0.3) is 6.29 Å². The molecule has 0 aliphatic carbocycles. The molecule has 9 heteroatoms. The number of aliphatic carboxylic acids is 1. The quantitative estimate of drug-likeness (QED) is 0.0211. The standard InChI is InChI=1S/C72H119NO8/c1-6-8-10-12-14-16-18-20-22-24-26-28-30-32-34-35-37-38-40-42-44-46-48-50-52-54-56-58-60-62-69(74)79-66-68(67-80-72(71(76)77)78-65-64-73(3,4)5)81-70(75)63-61-59-57-55-53-51-49-47-45-43-41-39-36-33-31-29-27-25-23-21-19-17-15-13-11-9-7-2/h9,11,15,17-18,20-21,23-24,26-27,29-30,32-33,36,41,43,47,49,53,55,68,72H,6-8,10,12-14,16,19,22,25,28,31,34-35,37-40,42,44-46,48,50-52,54,56-67H2,1-5H3/p+1/b11-9-,17-15-,20-18-,23-21-,26-24-,29-27-,32-30-,36-33-,43-41-,49-47-,55-53-.